The molecule has 2 N–H and O–H groups in total. The lowest BCUT2D eigenvalue weighted by molar-refractivity contribution is -0.122. The van der Waals surface area contributed by atoms with Crippen LogP contribution in [0.25, 0.3) is 0 Å². The predicted octanol–water partition coefficient (Wildman–Crippen LogP) is 1.65. The molecule has 0 spiro atoms. The molecule has 0 aliphatic heterocycles. The van der Waals surface area contributed by atoms with Gasteiger partial charge in [-0.05, 0) is 30.7 Å². The van der Waals surface area contributed by atoms with Crippen molar-refractivity contribution in [2.24, 2.45) is 0 Å². The van der Waals surface area contributed by atoms with E-state index in [2.05, 4.69) is 10.4 Å². The molecule has 2 unspecified atom stereocenters. The molecule has 0 saturated heterocycles. The summed E-state index contributed by atoms with van der Waals surface area (Å²) in [5.41, 5.74) is 0.566. The maximum Gasteiger partial charge on any atom is 0.222 e. The summed E-state index contributed by atoms with van der Waals surface area (Å²) in [7, 11) is 0. The first-order valence-electron chi connectivity index (χ1n) is 6.76. The fraction of sp³-hybridized carbons (Fsp3) is 0.333. The highest BCUT2D eigenvalue weighted by Crippen LogP contribution is 2.17. The molecule has 0 radical (unpaired) electrons. The van der Waals surface area contributed by atoms with Gasteiger partial charge in [-0.2, -0.15) is 5.10 Å². The Hall–Kier alpha value is -2.21. The Labute approximate surface area is 122 Å². The van der Waals surface area contributed by atoms with Crippen LogP contribution in [0.5, 0.6) is 0 Å². The zero-order valence-electron chi connectivity index (χ0n) is 11.7. The van der Waals surface area contributed by atoms with Crippen LogP contribution in [0, 0.1) is 5.82 Å². The molecular weight excluding hydrogens is 273 g/mol. The third-order valence-electron chi connectivity index (χ3n) is 3.20. The Morgan fingerprint density at radius 2 is 2.14 bits per heavy atom. The van der Waals surface area contributed by atoms with E-state index in [1.165, 1.54) is 24.3 Å². The number of nitrogens with one attached hydrogen (secondary N) is 1. The van der Waals surface area contributed by atoms with Crippen molar-refractivity contribution >= 4 is 5.91 Å². The molecule has 112 valence electrons. The third kappa shape index (κ3) is 4.39. The summed E-state index contributed by atoms with van der Waals surface area (Å²) in [6, 6.07) is 6.91. The number of hydrogen-bond acceptors (Lipinski definition) is 3. The van der Waals surface area contributed by atoms with E-state index in [1.807, 2.05) is 0 Å². The summed E-state index contributed by atoms with van der Waals surface area (Å²) in [5, 5.41) is 16.9. The van der Waals surface area contributed by atoms with E-state index < -0.39 is 12.1 Å². The number of aliphatic hydroxyl groups is 1. The summed E-state index contributed by atoms with van der Waals surface area (Å²) in [6.07, 6.45) is 2.84. The van der Waals surface area contributed by atoms with E-state index >= 15 is 0 Å². The Morgan fingerprint density at radius 1 is 1.43 bits per heavy atom. The van der Waals surface area contributed by atoms with Gasteiger partial charge in [0.2, 0.25) is 5.91 Å². The van der Waals surface area contributed by atoms with Gasteiger partial charge in [0.1, 0.15) is 5.82 Å². The van der Waals surface area contributed by atoms with Crippen molar-refractivity contribution in [2.75, 3.05) is 0 Å². The van der Waals surface area contributed by atoms with Gasteiger partial charge in [-0.25, -0.2) is 4.39 Å². The Bertz CT molecular complexity index is 569. The zero-order chi connectivity index (χ0) is 15.2. The monoisotopic (exact) mass is 291 g/mol. The average molecular weight is 291 g/mol. The highest BCUT2D eigenvalue weighted by Gasteiger charge is 2.18. The first-order valence-corrected chi connectivity index (χ1v) is 6.76. The highest BCUT2D eigenvalue weighted by molar-refractivity contribution is 5.76. The lowest BCUT2D eigenvalue weighted by atomic mass is 10.0. The number of benzene rings is 1. The second-order valence-electron chi connectivity index (χ2n) is 4.87. The number of carbonyl (C=O) groups is 1. The van der Waals surface area contributed by atoms with Crippen molar-refractivity contribution in [3.05, 3.63) is 54.1 Å². The van der Waals surface area contributed by atoms with Crippen LogP contribution >= 0.6 is 0 Å². The Balaban J connectivity index is 1.83. The van der Waals surface area contributed by atoms with E-state index in [1.54, 1.807) is 30.1 Å². The van der Waals surface area contributed by atoms with Gasteiger partial charge in [-0.3, -0.25) is 9.48 Å². The van der Waals surface area contributed by atoms with Crippen molar-refractivity contribution in [3.8, 4) is 0 Å². The normalized spacial score (nSPS) is 13.7. The lowest BCUT2D eigenvalue weighted by Gasteiger charge is -2.20. The van der Waals surface area contributed by atoms with E-state index in [9.17, 15) is 14.3 Å². The van der Waals surface area contributed by atoms with Gasteiger partial charge in [0.15, 0.2) is 0 Å². The van der Waals surface area contributed by atoms with Crippen molar-refractivity contribution in [2.45, 2.75) is 32.0 Å². The van der Waals surface area contributed by atoms with Crippen LogP contribution in [0.4, 0.5) is 4.39 Å². The van der Waals surface area contributed by atoms with Crippen LogP contribution < -0.4 is 5.32 Å². The van der Waals surface area contributed by atoms with Crippen molar-refractivity contribution in [1.29, 1.82) is 0 Å². The van der Waals surface area contributed by atoms with Gasteiger partial charge >= 0.3 is 0 Å². The summed E-state index contributed by atoms with van der Waals surface area (Å²) in [5.74, 6) is -0.527. The van der Waals surface area contributed by atoms with Gasteiger partial charge in [-0.1, -0.05) is 12.1 Å². The van der Waals surface area contributed by atoms with Gasteiger partial charge in [0.05, 0.1) is 12.1 Å². The first kappa shape index (κ1) is 15.2. The first-order chi connectivity index (χ1) is 10.1. The van der Waals surface area contributed by atoms with Crippen LogP contribution in [0.1, 0.15) is 25.0 Å². The molecule has 0 saturated carbocycles. The van der Waals surface area contributed by atoms with Crippen LogP contribution in [-0.2, 0) is 11.3 Å². The van der Waals surface area contributed by atoms with Gasteiger partial charge in [0, 0.05) is 25.4 Å². The van der Waals surface area contributed by atoms with Gasteiger partial charge in [0.25, 0.3) is 0 Å². The number of nitrogens with zero attached hydrogens (tertiary/aromatic N) is 2. The number of carbonyl (C=O) groups excluding carboxylic acids is 1. The summed E-state index contributed by atoms with van der Waals surface area (Å²) < 4.78 is 14.5. The molecule has 2 rings (SSSR count). The molecule has 1 heterocycles. The fourth-order valence-electron chi connectivity index (χ4n) is 2.00. The van der Waals surface area contributed by atoms with Gasteiger partial charge in [-0.15, -0.1) is 0 Å². The van der Waals surface area contributed by atoms with E-state index in [0.717, 1.165) is 0 Å². The largest absolute Gasteiger partial charge is 0.386 e. The Kier molecular flexibility index (Phi) is 5.05. The average Bonchev–Trinajstić information content (AvgIpc) is 2.98. The smallest absolute Gasteiger partial charge is 0.222 e. The molecule has 0 fully saturated rings. The topological polar surface area (TPSA) is 67.2 Å². The second-order valence-corrected chi connectivity index (χ2v) is 4.87. The summed E-state index contributed by atoms with van der Waals surface area (Å²) >= 11 is 0. The quantitative estimate of drug-likeness (QED) is 0.850. The minimum absolute atomic E-state index is 0.167. The molecule has 6 heteroatoms. The minimum Gasteiger partial charge on any atom is -0.386 e. The molecule has 2 aromatic rings. The van der Waals surface area contributed by atoms with Crippen LogP contribution in [0.2, 0.25) is 0 Å². The van der Waals surface area contributed by atoms with Crippen molar-refractivity contribution in [3.63, 3.8) is 0 Å². The molecule has 1 amide bonds. The predicted molar refractivity (Wildman–Crippen MR) is 75.8 cm³/mol. The zero-order valence-corrected chi connectivity index (χ0v) is 11.7. The summed E-state index contributed by atoms with van der Waals surface area (Å²) in [4.78, 5) is 11.8. The van der Waals surface area contributed by atoms with E-state index in [4.69, 9.17) is 0 Å². The molecule has 21 heavy (non-hydrogen) atoms. The number of aromatic nitrogens is 2. The molecular formula is C15H18FN3O2. The summed E-state index contributed by atoms with van der Waals surface area (Å²) in [6.45, 7) is 2.19. The highest BCUT2D eigenvalue weighted by atomic mass is 19.1. The fourth-order valence-corrected chi connectivity index (χ4v) is 2.00. The number of aryl methyl sites for hydroxylation is 1. The van der Waals surface area contributed by atoms with Crippen LogP contribution in [-0.4, -0.2) is 26.8 Å². The molecule has 0 aliphatic rings. The number of hydrogen-bond donors (Lipinski definition) is 2. The molecule has 1 aromatic heterocycles. The van der Waals surface area contributed by atoms with Gasteiger partial charge < -0.3 is 10.4 Å². The van der Waals surface area contributed by atoms with Crippen molar-refractivity contribution in [1.82, 2.24) is 15.1 Å². The van der Waals surface area contributed by atoms with E-state index in [-0.39, 0.29) is 18.1 Å². The number of aliphatic hydroxyl groups excluding tert-OH is 1. The van der Waals surface area contributed by atoms with E-state index in [0.29, 0.717) is 12.1 Å². The molecule has 0 bridgehead atoms. The maximum absolute atomic E-state index is 12.8. The molecule has 5 nitrogen and oxygen atoms in total. The SMILES string of the molecule is CC(NC(=O)CCn1cccn1)C(O)c1ccc(F)cc1. The van der Waals surface area contributed by atoms with Crippen molar-refractivity contribution < 1.29 is 14.3 Å². The lowest BCUT2D eigenvalue weighted by Crippen LogP contribution is -2.37. The molecule has 1 aromatic carbocycles. The number of amides is 1. The minimum atomic E-state index is -0.876. The second kappa shape index (κ2) is 6.99. The molecule has 2 atom stereocenters. The van der Waals surface area contributed by atoms with Crippen LogP contribution in [0.15, 0.2) is 42.7 Å². The Morgan fingerprint density at radius 3 is 2.76 bits per heavy atom. The molecule has 0 aliphatic carbocycles. The number of rotatable bonds is 6. The van der Waals surface area contributed by atoms with Crippen LogP contribution in [0.3, 0.4) is 0 Å². The maximum atomic E-state index is 12.8. The third-order valence-corrected chi connectivity index (χ3v) is 3.20. The number of halogens is 1. The standard InChI is InChI=1S/C15H18FN3O2/c1-11(15(21)12-3-5-13(16)6-4-12)18-14(20)7-10-19-9-2-8-17-19/h2-6,8-9,11,15,21H,7,10H2,1H3,(H,18,20).